The van der Waals surface area contributed by atoms with E-state index in [1.807, 2.05) is 0 Å². The zero-order valence-corrected chi connectivity index (χ0v) is 16.9. The summed E-state index contributed by atoms with van der Waals surface area (Å²) in [6, 6.07) is 5.47. The van der Waals surface area contributed by atoms with Crippen LogP contribution in [-0.4, -0.2) is 40.4 Å². The second kappa shape index (κ2) is 8.64. The fourth-order valence-corrected chi connectivity index (χ4v) is 4.86. The molecule has 0 bridgehead atoms. The zero-order chi connectivity index (χ0) is 21.2. The van der Waals surface area contributed by atoms with Crippen molar-refractivity contribution in [3.05, 3.63) is 52.6 Å². The van der Waals surface area contributed by atoms with E-state index in [1.54, 1.807) is 0 Å². The van der Waals surface area contributed by atoms with Crippen LogP contribution >= 0.6 is 11.6 Å². The number of carbonyl (C=O) groups excluding carboxylic acids is 1. The third kappa shape index (κ3) is 4.85. The molecule has 1 aliphatic rings. The number of sulfone groups is 1. The Hall–Kier alpha value is -2.23. The molecule has 0 aromatic heterocycles. The molecule has 1 saturated heterocycles. The highest BCUT2D eigenvalue weighted by Gasteiger charge is 2.27. The molecule has 0 radical (unpaired) electrons. The Kier molecular flexibility index (Phi) is 6.40. The highest BCUT2D eigenvalue weighted by Crippen LogP contribution is 2.28. The maximum atomic E-state index is 14.0. The first kappa shape index (κ1) is 21.5. The maximum absolute atomic E-state index is 14.0. The fraction of sp³-hybridized carbons (Fsp3) is 0.316. The number of halogens is 3. The number of anilines is 1. The molecule has 1 aliphatic heterocycles. The van der Waals surface area contributed by atoms with E-state index in [0.29, 0.717) is 19.6 Å². The molecule has 1 atom stereocenters. The summed E-state index contributed by atoms with van der Waals surface area (Å²) in [4.78, 5) is 12.5. The molecule has 0 spiro atoms. The molecule has 10 heteroatoms. The van der Waals surface area contributed by atoms with Crippen LogP contribution in [0.2, 0.25) is 5.02 Å². The second-order valence-corrected chi connectivity index (χ2v) is 9.04. The van der Waals surface area contributed by atoms with Gasteiger partial charge in [0.25, 0.3) is 5.91 Å². The van der Waals surface area contributed by atoms with Crippen molar-refractivity contribution in [1.82, 2.24) is 0 Å². The van der Waals surface area contributed by atoms with Crippen molar-refractivity contribution in [1.29, 1.82) is 0 Å². The normalized spacial score (nSPS) is 16.6. The van der Waals surface area contributed by atoms with Gasteiger partial charge in [-0.25, -0.2) is 17.2 Å². The molecule has 1 fully saturated rings. The van der Waals surface area contributed by atoms with Crippen molar-refractivity contribution in [2.24, 2.45) is 5.92 Å². The van der Waals surface area contributed by atoms with Gasteiger partial charge in [-0.1, -0.05) is 11.6 Å². The van der Waals surface area contributed by atoms with Crippen LogP contribution < -0.4 is 10.1 Å². The number of rotatable bonds is 6. The molecule has 2 aromatic rings. The Bertz CT molecular complexity index is 1020. The Balaban J connectivity index is 1.92. The van der Waals surface area contributed by atoms with Crippen LogP contribution in [0.25, 0.3) is 0 Å². The van der Waals surface area contributed by atoms with Crippen LogP contribution in [0.1, 0.15) is 16.8 Å². The number of carbonyl (C=O) groups is 1. The van der Waals surface area contributed by atoms with E-state index >= 15 is 0 Å². The molecule has 29 heavy (non-hydrogen) atoms. The van der Waals surface area contributed by atoms with Gasteiger partial charge in [-0.05, 0) is 42.7 Å². The highest BCUT2D eigenvalue weighted by atomic mass is 35.5. The smallest absolute Gasteiger partial charge is 0.259 e. The molecule has 1 N–H and O–H groups in total. The Labute approximate surface area is 171 Å². The molecule has 1 heterocycles. The van der Waals surface area contributed by atoms with Gasteiger partial charge in [0.1, 0.15) is 11.4 Å². The number of nitrogens with one attached hydrogen (secondary N) is 1. The standard InChI is InChI=1S/C19H18ClF2NO5S/c1-27-17-3-2-13(29(25,26)10-11-4-5-28-9-11)8-14(17)19(24)23-18-15(21)6-12(20)7-16(18)22/h2-3,6-8,11H,4-5,9-10H2,1H3,(H,23,24)/t11-/m0/s1. The molecule has 6 nitrogen and oxygen atoms in total. The van der Waals surface area contributed by atoms with E-state index in [0.717, 1.165) is 18.2 Å². The van der Waals surface area contributed by atoms with E-state index < -0.39 is 33.1 Å². The van der Waals surface area contributed by atoms with Crippen LogP contribution in [0.3, 0.4) is 0 Å². The van der Waals surface area contributed by atoms with Gasteiger partial charge in [0.2, 0.25) is 0 Å². The molecule has 0 aliphatic carbocycles. The second-order valence-electron chi connectivity index (χ2n) is 6.57. The highest BCUT2D eigenvalue weighted by molar-refractivity contribution is 7.91. The minimum absolute atomic E-state index is 0.0560. The lowest BCUT2D eigenvalue weighted by Gasteiger charge is -2.14. The minimum atomic E-state index is -3.70. The summed E-state index contributed by atoms with van der Waals surface area (Å²) in [7, 11) is -2.41. The van der Waals surface area contributed by atoms with Crippen molar-refractivity contribution < 1.29 is 31.5 Å². The Morgan fingerprint density at radius 1 is 1.28 bits per heavy atom. The molecule has 0 saturated carbocycles. The van der Waals surface area contributed by atoms with E-state index in [9.17, 15) is 22.0 Å². The van der Waals surface area contributed by atoms with Crippen molar-refractivity contribution in [2.75, 3.05) is 31.4 Å². The number of benzene rings is 2. The summed E-state index contributed by atoms with van der Waals surface area (Å²) in [5.41, 5.74) is -0.872. The molecule has 1 amide bonds. The van der Waals surface area contributed by atoms with Crippen LogP contribution in [0.15, 0.2) is 35.2 Å². The van der Waals surface area contributed by atoms with Crippen molar-refractivity contribution in [3.63, 3.8) is 0 Å². The van der Waals surface area contributed by atoms with Gasteiger partial charge in [0, 0.05) is 11.6 Å². The molecule has 156 valence electrons. The molecule has 0 unspecified atom stereocenters. The minimum Gasteiger partial charge on any atom is -0.496 e. The molecule has 3 rings (SSSR count). The summed E-state index contributed by atoms with van der Waals surface area (Å²) in [6.07, 6.45) is 0.637. The summed E-state index contributed by atoms with van der Waals surface area (Å²) in [6.45, 7) is 0.868. The van der Waals surface area contributed by atoms with Gasteiger partial charge < -0.3 is 14.8 Å². The monoisotopic (exact) mass is 445 g/mol. The van der Waals surface area contributed by atoms with Crippen molar-refractivity contribution in [3.8, 4) is 5.75 Å². The Morgan fingerprint density at radius 3 is 2.55 bits per heavy atom. The predicted octanol–water partition coefficient (Wildman–Crippen LogP) is 3.69. The topological polar surface area (TPSA) is 81.7 Å². The van der Waals surface area contributed by atoms with Gasteiger partial charge in [-0.2, -0.15) is 0 Å². The number of hydrogen-bond donors (Lipinski definition) is 1. The lowest BCUT2D eigenvalue weighted by atomic mass is 10.1. The third-order valence-electron chi connectivity index (χ3n) is 4.50. The first-order valence-electron chi connectivity index (χ1n) is 8.65. The summed E-state index contributed by atoms with van der Waals surface area (Å²) < 4.78 is 63.7. The number of hydrogen-bond acceptors (Lipinski definition) is 5. The van der Waals surface area contributed by atoms with Gasteiger partial charge >= 0.3 is 0 Å². The van der Waals surface area contributed by atoms with E-state index in [1.165, 1.54) is 19.2 Å². The average Bonchev–Trinajstić information content (AvgIpc) is 3.16. The summed E-state index contributed by atoms with van der Waals surface area (Å²) >= 11 is 5.58. The van der Waals surface area contributed by atoms with Crippen molar-refractivity contribution >= 4 is 33.0 Å². The van der Waals surface area contributed by atoms with Crippen LogP contribution in [-0.2, 0) is 14.6 Å². The quantitative estimate of drug-likeness (QED) is 0.733. The van der Waals surface area contributed by atoms with Gasteiger partial charge in [-0.3, -0.25) is 4.79 Å². The largest absolute Gasteiger partial charge is 0.496 e. The summed E-state index contributed by atoms with van der Waals surface area (Å²) in [5, 5.41) is 1.94. The lowest BCUT2D eigenvalue weighted by Crippen LogP contribution is -2.19. The van der Waals surface area contributed by atoms with Crippen LogP contribution in [0.4, 0.5) is 14.5 Å². The predicted molar refractivity (Wildman–Crippen MR) is 103 cm³/mol. The SMILES string of the molecule is COc1ccc(S(=O)(=O)C[C@H]2CCOC2)cc1C(=O)Nc1c(F)cc(Cl)cc1F. The van der Waals surface area contributed by atoms with Crippen LogP contribution in [0.5, 0.6) is 5.75 Å². The zero-order valence-electron chi connectivity index (χ0n) is 15.4. The molecule has 2 aromatic carbocycles. The first-order chi connectivity index (χ1) is 13.7. The van der Waals surface area contributed by atoms with Crippen molar-refractivity contribution in [2.45, 2.75) is 11.3 Å². The molecular formula is C19H18ClF2NO5S. The maximum Gasteiger partial charge on any atom is 0.259 e. The third-order valence-corrected chi connectivity index (χ3v) is 6.60. The molecular weight excluding hydrogens is 428 g/mol. The number of amides is 1. The van der Waals surface area contributed by atoms with Gasteiger partial charge in [-0.15, -0.1) is 0 Å². The lowest BCUT2D eigenvalue weighted by molar-refractivity contribution is 0.102. The van der Waals surface area contributed by atoms with Crippen LogP contribution in [0, 0.1) is 17.6 Å². The first-order valence-corrected chi connectivity index (χ1v) is 10.7. The van der Waals surface area contributed by atoms with E-state index in [2.05, 4.69) is 5.32 Å². The summed E-state index contributed by atoms with van der Waals surface area (Å²) in [5.74, 6) is -3.25. The Morgan fingerprint density at radius 2 is 1.97 bits per heavy atom. The number of ether oxygens (including phenoxy) is 2. The fourth-order valence-electron chi connectivity index (χ4n) is 3.02. The van der Waals surface area contributed by atoms with Gasteiger partial charge in [0.05, 0.1) is 29.9 Å². The average molecular weight is 446 g/mol. The number of methoxy groups -OCH3 is 1. The van der Waals surface area contributed by atoms with Gasteiger partial charge in [0.15, 0.2) is 21.5 Å². The van der Waals surface area contributed by atoms with E-state index in [-0.39, 0.29) is 32.9 Å². The van der Waals surface area contributed by atoms with E-state index in [4.69, 9.17) is 21.1 Å².